The number of nitrogens with zero attached hydrogens (tertiary/aromatic N) is 6. The van der Waals surface area contributed by atoms with Crippen molar-refractivity contribution >= 4 is 15.8 Å². The average molecular weight is 441 g/mol. The summed E-state index contributed by atoms with van der Waals surface area (Å²) in [7, 11) is -3.20. The molecule has 31 heavy (non-hydrogen) atoms. The third-order valence-electron chi connectivity index (χ3n) is 5.93. The molecule has 2 aliphatic rings. The summed E-state index contributed by atoms with van der Waals surface area (Å²) in [4.78, 5) is 11.0. The minimum absolute atomic E-state index is 0.210. The van der Waals surface area contributed by atoms with E-state index in [2.05, 4.69) is 20.2 Å². The average Bonchev–Trinajstić information content (AvgIpc) is 3.53. The smallest absolute Gasteiger partial charge is 0.268 e. The van der Waals surface area contributed by atoms with Gasteiger partial charge in [0.1, 0.15) is 11.5 Å². The van der Waals surface area contributed by atoms with Crippen molar-refractivity contribution in [2.75, 3.05) is 31.1 Å². The summed E-state index contributed by atoms with van der Waals surface area (Å²) in [6, 6.07) is 9.55. The van der Waals surface area contributed by atoms with Crippen molar-refractivity contribution < 1.29 is 12.8 Å². The normalized spacial score (nSPS) is 18.5. The second kappa shape index (κ2) is 8.35. The van der Waals surface area contributed by atoms with Crippen LogP contribution >= 0.6 is 0 Å². The van der Waals surface area contributed by atoms with Crippen LogP contribution in [-0.4, -0.2) is 64.3 Å². The van der Waals surface area contributed by atoms with Gasteiger partial charge in [-0.1, -0.05) is 31.0 Å². The topological polar surface area (TPSA) is 105 Å². The predicted octanol–water partition coefficient (Wildman–Crippen LogP) is 2.59. The van der Waals surface area contributed by atoms with E-state index in [0.29, 0.717) is 49.5 Å². The highest BCUT2D eigenvalue weighted by Crippen LogP contribution is 2.28. The Balaban J connectivity index is 1.29. The van der Waals surface area contributed by atoms with Gasteiger partial charge in [-0.2, -0.15) is 4.31 Å². The monoisotopic (exact) mass is 440 g/mol. The number of hydrogen-bond acceptors (Lipinski definition) is 8. The molecule has 3 heterocycles. The molecule has 1 aromatic carbocycles. The SMILES string of the molecule is O=S(=O)(C1CCCC1)N1CCN(c2cncc(-c3nnc(-c4ccccc4)o3)n2)CC1. The van der Waals surface area contributed by atoms with Gasteiger partial charge in [0.2, 0.25) is 15.9 Å². The van der Waals surface area contributed by atoms with Crippen molar-refractivity contribution in [1.29, 1.82) is 0 Å². The maximum atomic E-state index is 12.8. The van der Waals surface area contributed by atoms with Gasteiger partial charge >= 0.3 is 0 Å². The molecule has 1 aliphatic carbocycles. The van der Waals surface area contributed by atoms with Gasteiger partial charge in [-0.15, -0.1) is 10.2 Å². The zero-order valence-electron chi connectivity index (χ0n) is 17.1. The van der Waals surface area contributed by atoms with Crippen molar-refractivity contribution in [2.24, 2.45) is 0 Å². The molecular weight excluding hydrogens is 416 g/mol. The molecule has 1 saturated carbocycles. The second-order valence-corrected chi connectivity index (χ2v) is 10.1. The molecule has 1 aliphatic heterocycles. The van der Waals surface area contributed by atoms with Gasteiger partial charge in [0.25, 0.3) is 5.89 Å². The minimum atomic E-state index is -3.20. The highest BCUT2D eigenvalue weighted by atomic mass is 32.2. The number of aromatic nitrogens is 4. The molecule has 0 spiro atoms. The Kier molecular flexibility index (Phi) is 5.41. The summed E-state index contributed by atoms with van der Waals surface area (Å²) in [5, 5.41) is 8.01. The zero-order valence-corrected chi connectivity index (χ0v) is 17.9. The first-order valence-electron chi connectivity index (χ1n) is 10.6. The number of rotatable bonds is 5. The minimum Gasteiger partial charge on any atom is -0.415 e. The van der Waals surface area contributed by atoms with Gasteiger partial charge in [0.15, 0.2) is 0 Å². The maximum absolute atomic E-state index is 12.8. The summed E-state index contributed by atoms with van der Waals surface area (Å²) in [5.41, 5.74) is 1.33. The molecule has 5 rings (SSSR count). The van der Waals surface area contributed by atoms with E-state index in [0.717, 1.165) is 31.2 Å². The molecular formula is C21H24N6O3S. The number of hydrogen-bond donors (Lipinski definition) is 0. The number of anilines is 1. The van der Waals surface area contributed by atoms with Gasteiger partial charge in [0, 0.05) is 31.7 Å². The van der Waals surface area contributed by atoms with Crippen molar-refractivity contribution in [2.45, 2.75) is 30.9 Å². The first kappa shape index (κ1) is 20.1. The third kappa shape index (κ3) is 4.05. The van der Waals surface area contributed by atoms with Gasteiger partial charge in [0.05, 0.1) is 17.6 Å². The Hall–Kier alpha value is -2.85. The van der Waals surface area contributed by atoms with E-state index in [9.17, 15) is 8.42 Å². The van der Waals surface area contributed by atoms with Crippen molar-refractivity contribution in [3.63, 3.8) is 0 Å². The molecule has 0 atom stereocenters. The second-order valence-electron chi connectivity index (χ2n) is 7.88. The van der Waals surface area contributed by atoms with E-state index in [1.165, 1.54) is 0 Å². The van der Waals surface area contributed by atoms with Crippen LogP contribution in [0.4, 0.5) is 5.82 Å². The highest BCUT2D eigenvalue weighted by Gasteiger charge is 2.36. The van der Waals surface area contributed by atoms with Gasteiger partial charge in [-0.25, -0.2) is 13.4 Å². The molecule has 0 bridgehead atoms. The van der Waals surface area contributed by atoms with Crippen LogP contribution in [0.1, 0.15) is 25.7 Å². The lowest BCUT2D eigenvalue weighted by Crippen LogP contribution is -2.51. The quantitative estimate of drug-likeness (QED) is 0.596. The largest absolute Gasteiger partial charge is 0.415 e. The lowest BCUT2D eigenvalue weighted by molar-refractivity contribution is 0.377. The Labute approximate surface area is 181 Å². The Bertz CT molecular complexity index is 1140. The first-order valence-corrected chi connectivity index (χ1v) is 12.1. The van der Waals surface area contributed by atoms with E-state index < -0.39 is 10.0 Å². The van der Waals surface area contributed by atoms with Crippen molar-refractivity contribution in [3.05, 3.63) is 42.7 Å². The van der Waals surface area contributed by atoms with E-state index in [-0.39, 0.29) is 5.25 Å². The fourth-order valence-electron chi connectivity index (χ4n) is 4.20. The van der Waals surface area contributed by atoms with Crippen molar-refractivity contribution in [1.82, 2.24) is 24.5 Å². The van der Waals surface area contributed by atoms with E-state index in [4.69, 9.17) is 4.42 Å². The lowest BCUT2D eigenvalue weighted by atomic mass is 10.2. The Morgan fingerprint density at radius 2 is 1.61 bits per heavy atom. The van der Waals surface area contributed by atoms with Gasteiger partial charge in [-0.05, 0) is 25.0 Å². The first-order chi connectivity index (χ1) is 15.1. The molecule has 2 aromatic heterocycles. The van der Waals surface area contributed by atoms with Crippen LogP contribution in [0.25, 0.3) is 23.0 Å². The Morgan fingerprint density at radius 3 is 2.35 bits per heavy atom. The molecule has 0 N–H and O–H groups in total. The van der Waals surface area contributed by atoms with Crippen LogP contribution in [0.2, 0.25) is 0 Å². The molecule has 1 saturated heterocycles. The molecule has 0 unspecified atom stereocenters. The predicted molar refractivity (Wildman–Crippen MR) is 116 cm³/mol. The zero-order chi connectivity index (χ0) is 21.3. The van der Waals surface area contributed by atoms with E-state index in [1.807, 2.05) is 35.2 Å². The number of benzene rings is 1. The molecule has 10 heteroatoms. The molecule has 3 aromatic rings. The maximum Gasteiger partial charge on any atom is 0.268 e. The highest BCUT2D eigenvalue weighted by molar-refractivity contribution is 7.89. The molecule has 9 nitrogen and oxygen atoms in total. The number of sulfonamides is 1. The fraction of sp³-hybridized carbons (Fsp3) is 0.429. The fourth-order valence-corrected chi connectivity index (χ4v) is 6.23. The van der Waals surface area contributed by atoms with Crippen LogP contribution < -0.4 is 4.90 Å². The number of piperazine rings is 1. The Morgan fingerprint density at radius 1 is 0.903 bits per heavy atom. The van der Waals surface area contributed by atoms with E-state index >= 15 is 0 Å². The van der Waals surface area contributed by atoms with E-state index in [1.54, 1.807) is 16.7 Å². The van der Waals surface area contributed by atoms with Crippen LogP contribution in [-0.2, 0) is 10.0 Å². The van der Waals surface area contributed by atoms with Crippen LogP contribution in [0.15, 0.2) is 47.1 Å². The summed E-state index contributed by atoms with van der Waals surface area (Å²) in [6.07, 6.45) is 6.85. The van der Waals surface area contributed by atoms with Gasteiger partial charge < -0.3 is 9.32 Å². The summed E-state index contributed by atoms with van der Waals surface area (Å²) >= 11 is 0. The molecule has 0 amide bonds. The van der Waals surface area contributed by atoms with Crippen LogP contribution in [0.5, 0.6) is 0 Å². The standard InChI is InChI=1S/C21H24N6O3S/c28-31(29,17-8-4-5-9-17)27-12-10-26(11-13-27)19-15-22-14-18(23-19)21-25-24-20(30-21)16-6-2-1-3-7-16/h1-3,6-7,14-15,17H,4-5,8-13H2. The van der Waals surface area contributed by atoms with Gasteiger partial charge in [-0.3, -0.25) is 4.98 Å². The molecule has 0 radical (unpaired) electrons. The van der Waals surface area contributed by atoms with Crippen LogP contribution in [0, 0.1) is 0 Å². The molecule has 2 fully saturated rings. The molecule has 162 valence electrons. The summed E-state index contributed by atoms with van der Waals surface area (Å²) < 4.78 is 33.1. The lowest BCUT2D eigenvalue weighted by Gasteiger charge is -2.35. The summed E-state index contributed by atoms with van der Waals surface area (Å²) in [6.45, 7) is 2.07. The summed E-state index contributed by atoms with van der Waals surface area (Å²) in [5.74, 6) is 1.40. The van der Waals surface area contributed by atoms with Crippen molar-refractivity contribution in [3.8, 4) is 23.0 Å². The van der Waals surface area contributed by atoms with Crippen LogP contribution in [0.3, 0.4) is 0 Å². The third-order valence-corrected chi connectivity index (χ3v) is 8.33.